The molecular formula is C20H18F3NO3. The molecule has 0 fully saturated rings. The van der Waals surface area contributed by atoms with E-state index in [4.69, 9.17) is 4.74 Å². The van der Waals surface area contributed by atoms with Gasteiger partial charge in [-0.15, -0.1) is 0 Å². The van der Waals surface area contributed by atoms with E-state index in [1.807, 2.05) is 6.07 Å². The van der Waals surface area contributed by atoms with Crippen LogP contribution in [0.5, 0.6) is 0 Å². The normalized spacial score (nSPS) is 14.2. The molecule has 4 nitrogen and oxygen atoms in total. The Morgan fingerprint density at radius 1 is 1.00 bits per heavy atom. The van der Waals surface area contributed by atoms with Gasteiger partial charge in [0.1, 0.15) is 0 Å². The number of benzene rings is 2. The summed E-state index contributed by atoms with van der Waals surface area (Å²) in [5, 5.41) is 2.09. The summed E-state index contributed by atoms with van der Waals surface area (Å²) >= 11 is 0. The predicted molar refractivity (Wildman–Crippen MR) is 92.9 cm³/mol. The number of anilines is 1. The highest BCUT2D eigenvalue weighted by Crippen LogP contribution is 2.23. The molecule has 1 N–H and O–H groups in total. The minimum absolute atomic E-state index is 0.328. The molecule has 0 saturated carbocycles. The average molecular weight is 377 g/mol. The monoisotopic (exact) mass is 377 g/mol. The summed E-state index contributed by atoms with van der Waals surface area (Å²) in [6.45, 7) is 1.31. The first-order valence-corrected chi connectivity index (χ1v) is 8.64. The van der Waals surface area contributed by atoms with Crippen LogP contribution in [0.4, 0.5) is 18.9 Å². The van der Waals surface area contributed by atoms with Crippen molar-refractivity contribution in [1.82, 2.24) is 0 Å². The van der Waals surface area contributed by atoms with Gasteiger partial charge in [0, 0.05) is 0 Å². The Labute approximate surface area is 154 Å². The van der Waals surface area contributed by atoms with E-state index in [9.17, 15) is 22.8 Å². The van der Waals surface area contributed by atoms with E-state index in [0.717, 1.165) is 37.3 Å². The summed E-state index contributed by atoms with van der Waals surface area (Å²) in [5.41, 5.74) is 2.10. The maximum Gasteiger partial charge on any atom is 0.338 e. The number of nitrogens with one attached hydrogen (secondary N) is 1. The number of hydrogen-bond acceptors (Lipinski definition) is 3. The van der Waals surface area contributed by atoms with Crippen LogP contribution in [0.3, 0.4) is 0 Å². The molecule has 0 saturated heterocycles. The molecule has 0 bridgehead atoms. The number of esters is 1. The molecule has 0 heterocycles. The molecule has 7 heteroatoms. The van der Waals surface area contributed by atoms with E-state index in [0.29, 0.717) is 11.6 Å². The second-order valence-corrected chi connectivity index (χ2v) is 6.45. The summed E-state index contributed by atoms with van der Waals surface area (Å²) in [6, 6.07) is 6.87. The van der Waals surface area contributed by atoms with Gasteiger partial charge in [-0.25, -0.2) is 18.0 Å². The van der Waals surface area contributed by atoms with Gasteiger partial charge in [-0.05, 0) is 68.0 Å². The van der Waals surface area contributed by atoms with Crippen molar-refractivity contribution in [2.24, 2.45) is 0 Å². The molecule has 2 aromatic carbocycles. The molecule has 2 aromatic rings. The van der Waals surface area contributed by atoms with Crippen LogP contribution in [-0.2, 0) is 22.4 Å². The number of rotatable bonds is 4. The van der Waals surface area contributed by atoms with E-state index in [2.05, 4.69) is 5.32 Å². The smallest absolute Gasteiger partial charge is 0.338 e. The lowest BCUT2D eigenvalue weighted by molar-refractivity contribution is -0.123. The van der Waals surface area contributed by atoms with Gasteiger partial charge in [0.05, 0.1) is 11.3 Å². The second kappa shape index (κ2) is 7.82. The molecule has 1 aliphatic carbocycles. The number of ether oxygens (including phenoxy) is 1. The largest absolute Gasteiger partial charge is 0.449 e. The third-order valence-electron chi connectivity index (χ3n) is 4.53. The lowest BCUT2D eigenvalue weighted by Crippen LogP contribution is -2.30. The first-order valence-electron chi connectivity index (χ1n) is 8.64. The lowest BCUT2D eigenvalue weighted by Gasteiger charge is -2.17. The Balaban J connectivity index is 1.66. The zero-order valence-corrected chi connectivity index (χ0v) is 14.7. The number of amides is 1. The van der Waals surface area contributed by atoms with Crippen LogP contribution in [0.2, 0.25) is 0 Å². The van der Waals surface area contributed by atoms with Crippen molar-refractivity contribution in [3.63, 3.8) is 0 Å². The van der Waals surface area contributed by atoms with Crippen LogP contribution in [0.15, 0.2) is 30.3 Å². The van der Waals surface area contributed by atoms with E-state index in [1.165, 1.54) is 12.5 Å². The van der Waals surface area contributed by atoms with Gasteiger partial charge in [0.25, 0.3) is 5.91 Å². The van der Waals surface area contributed by atoms with Gasteiger partial charge < -0.3 is 10.1 Å². The number of carbonyl (C=O) groups excluding carboxylic acids is 2. The quantitative estimate of drug-likeness (QED) is 0.643. The van der Waals surface area contributed by atoms with E-state index >= 15 is 0 Å². The fraction of sp³-hybridized carbons (Fsp3) is 0.300. The highest BCUT2D eigenvalue weighted by atomic mass is 19.2. The van der Waals surface area contributed by atoms with Crippen molar-refractivity contribution in [1.29, 1.82) is 0 Å². The Hall–Kier alpha value is -2.83. The van der Waals surface area contributed by atoms with Gasteiger partial charge in [0.15, 0.2) is 23.6 Å². The molecule has 1 atom stereocenters. The summed E-state index contributed by atoms with van der Waals surface area (Å²) in [4.78, 5) is 24.4. The maximum absolute atomic E-state index is 13.6. The predicted octanol–water partition coefficient (Wildman–Crippen LogP) is 4.17. The Bertz CT molecular complexity index is 898. The number of aryl methyl sites for hydroxylation is 2. The van der Waals surface area contributed by atoms with Gasteiger partial charge in [-0.2, -0.15) is 0 Å². The summed E-state index contributed by atoms with van der Waals surface area (Å²) in [6.07, 6.45) is 2.80. The van der Waals surface area contributed by atoms with Crippen LogP contribution < -0.4 is 5.32 Å². The average Bonchev–Trinajstić information content (AvgIpc) is 2.67. The molecule has 1 amide bonds. The highest BCUT2D eigenvalue weighted by Gasteiger charge is 2.22. The zero-order chi connectivity index (χ0) is 19.6. The van der Waals surface area contributed by atoms with Crippen LogP contribution in [0.1, 0.15) is 41.3 Å². The number of halogens is 3. The zero-order valence-electron chi connectivity index (χ0n) is 14.7. The summed E-state index contributed by atoms with van der Waals surface area (Å²) in [7, 11) is 0. The van der Waals surface area contributed by atoms with Crippen LogP contribution >= 0.6 is 0 Å². The topological polar surface area (TPSA) is 55.4 Å². The van der Waals surface area contributed by atoms with Crippen molar-refractivity contribution >= 4 is 17.6 Å². The number of hydrogen-bond donors (Lipinski definition) is 1. The molecule has 0 unspecified atom stereocenters. The Morgan fingerprint density at radius 2 is 1.70 bits per heavy atom. The minimum Gasteiger partial charge on any atom is -0.449 e. The first-order chi connectivity index (χ1) is 12.9. The first kappa shape index (κ1) is 18.9. The summed E-state index contributed by atoms with van der Waals surface area (Å²) in [5.74, 6) is -6.11. The highest BCUT2D eigenvalue weighted by molar-refractivity contribution is 5.97. The van der Waals surface area contributed by atoms with Gasteiger partial charge in [-0.3, -0.25) is 4.79 Å². The van der Waals surface area contributed by atoms with Crippen molar-refractivity contribution in [2.45, 2.75) is 38.7 Å². The van der Waals surface area contributed by atoms with Crippen molar-refractivity contribution in [3.05, 3.63) is 64.5 Å². The van der Waals surface area contributed by atoms with Crippen molar-refractivity contribution < 1.29 is 27.5 Å². The SMILES string of the molecule is C[C@@H](OC(=O)c1ccc2c(c1)CCCC2)C(=O)Nc1ccc(F)c(F)c1F. The van der Waals surface area contributed by atoms with E-state index < -0.39 is 41.1 Å². The third-order valence-corrected chi connectivity index (χ3v) is 4.53. The maximum atomic E-state index is 13.6. The van der Waals surface area contributed by atoms with Crippen molar-refractivity contribution in [2.75, 3.05) is 5.32 Å². The second-order valence-electron chi connectivity index (χ2n) is 6.45. The lowest BCUT2D eigenvalue weighted by atomic mass is 9.90. The van der Waals surface area contributed by atoms with Gasteiger partial charge in [0.2, 0.25) is 0 Å². The van der Waals surface area contributed by atoms with Gasteiger partial charge in [-0.1, -0.05) is 6.07 Å². The molecule has 0 radical (unpaired) electrons. The molecule has 142 valence electrons. The summed E-state index contributed by atoms with van der Waals surface area (Å²) < 4.78 is 44.9. The standard InChI is InChI=1S/C20H18F3NO3/c1-11(19(25)24-16-9-8-15(21)17(22)18(16)23)27-20(26)14-7-6-12-4-2-3-5-13(12)10-14/h6-11H,2-5H2,1H3,(H,24,25)/t11-/m1/s1. The van der Waals surface area contributed by atoms with Crippen LogP contribution in [0.25, 0.3) is 0 Å². The van der Waals surface area contributed by atoms with Crippen LogP contribution in [-0.4, -0.2) is 18.0 Å². The van der Waals surface area contributed by atoms with E-state index in [-0.39, 0.29) is 0 Å². The fourth-order valence-electron chi connectivity index (χ4n) is 3.00. The molecule has 3 rings (SSSR count). The van der Waals surface area contributed by atoms with E-state index in [1.54, 1.807) is 12.1 Å². The number of carbonyl (C=O) groups is 2. The van der Waals surface area contributed by atoms with Crippen LogP contribution in [0, 0.1) is 17.5 Å². The molecular weight excluding hydrogens is 359 g/mol. The molecule has 0 aromatic heterocycles. The Morgan fingerprint density at radius 3 is 2.44 bits per heavy atom. The molecule has 27 heavy (non-hydrogen) atoms. The molecule has 0 spiro atoms. The number of fused-ring (bicyclic) bond motifs is 1. The minimum atomic E-state index is -1.69. The van der Waals surface area contributed by atoms with Gasteiger partial charge >= 0.3 is 5.97 Å². The molecule has 0 aliphatic heterocycles. The van der Waals surface area contributed by atoms with Crippen molar-refractivity contribution in [3.8, 4) is 0 Å². The third kappa shape index (κ3) is 4.13. The fourth-order valence-corrected chi connectivity index (χ4v) is 3.00. The Kier molecular flexibility index (Phi) is 5.48. The molecule has 1 aliphatic rings.